The first-order valence-corrected chi connectivity index (χ1v) is 6.37. The molecule has 19 heavy (non-hydrogen) atoms. The molecule has 100 valence electrons. The van der Waals surface area contributed by atoms with Crippen molar-refractivity contribution >= 4 is 28.9 Å². The van der Waals surface area contributed by atoms with Gasteiger partial charge in [0, 0.05) is 5.56 Å². The summed E-state index contributed by atoms with van der Waals surface area (Å²) < 4.78 is 27.9. The van der Waals surface area contributed by atoms with E-state index in [1.165, 1.54) is 12.1 Å². The Morgan fingerprint density at radius 1 is 0.895 bits per heavy atom. The molecule has 0 heterocycles. The van der Waals surface area contributed by atoms with Crippen LogP contribution in [0.1, 0.15) is 5.56 Å². The lowest BCUT2D eigenvalue weighted by Gasteiger charge is -2.19. The van der Waals surface area contributed by atoms with Crippen molar-refractivity contribution in [2.24, 2.45) is 0 Å². The third-order valence-corrected chi connectivity index (χ3v) is 3.28. The van der Waals surface area contributed by atoms with E-state index in [2.05, 4.69) is 5.32 Å². The number of halogens is 4. The Labute approximate surface area is 120 Å². The predicted molar refractivity (Wildman–Crippen MR) is 75.3 cm³/mol. The van der Waals surface area contributed by atoms with Gasteiger partial charge >= 0.3 is 0 Å². The third-order valence-electron chi connectivity index (χ3n) is 2.65. The second-order valence-corrected chi connectivity index (χ2v) is 4.84. The summed E-state index contributed by atoms with van der Waals surface area (Å²) in [6.07, 6.45) is 0. The lowest BCUT2D eigenvalue weighted by atomic mass is 10.1. The van der Waals surface area contributed by atoms with Crippen molar-refractivity contribution in [1.82, 2.24) is 0 Å². The maximum absolute atomic E-state index is 14.0. The van der Waals surface area contributed by atoms with Gasteiger partial charge in [0.05, 0.1) is 22.3 Å². The number of hydrogen-bond acceptors (Lipinski definition) is 1. The minimum Gasteiger partial charge on any atom is -0.376 e. The average Bonchev–Trinajstić information content (AvgIpc) is 2.39. The Morgan fingerprint density at radius 2 is 1.47 bits per heavy atom. The van der Waals surface area contributed by atoms with Gasteiger partial charge in [-0.05, 0) is 12.1 Å². The van der Waals surface area contributed by atoms with E-state index in [1.807, 2.05) is 0 Å². The molecule has 0 unspecified atom stereocenters. The first kappa shape index (κ1) is 14.1. The average molecular weight is 302 g/mol. The van der Waals surface area contributed by atoms with Crippen LogP contribution in [0.25, 0.3) is 0 Å². The summed E-state index contributed by atoms with van der Waals surface area (Å²) in [6, 6.07) is 12.5. The number of hydrogen-bond donors (Lipinski definition) is 1. The van der Waals surface area contributed by atoms with Crippen molar-refractivity contribution in [3.05, 3.63) is 64.1 Å². The van der Waals surface area contributed by atoms with Gasteiger partial charge in [0.1, 0.15) is 0 Å². The van der Waals surface area contributed by atoms with Crippen LogP contribution in [0.2, 0.25) is 10.0 Å². The largest absolute Gasteiger partial charge is 0.376 e. The zero-order valence-electron chi connectivity index (χ0n) is 9.84. The van der Waals surface area contributed by atoms with Gasteiger partial charge in [-0.15, -0.1) is 0 Å². The zero-order valence-corrected chi connectivity index (χ0v) is 11.3. The van der Waals surface area contributed by atoms with Crippen molar-refractivity contribution in [2.45, 2.75) is 5.92 Å². The Balaban J connectivity index is 2.14. The van der Waals surface area contributed by atoms with E-state index >= 15 is 0 Å². The molecule has 0 bridgehead atoms. The topological polar surface area (TPSA) is 12.0 Å². The Bertz CT molecular complexity index is 538. The summed E-state index contributed by atoms with van der Waals surface area (Å²) >= 11 is 11.8. The molecule has 2 aromatic rings. The summed E-state index contributed by atoms with van der Waals surface area (Å²) in [5, 5.41) is 3.24. The molecule has 0 radical (unpaired) electrons. The molecule has 0 saturated carbocycles. The van der Waals surface area contributed by atoms with Crippen molar-refractivity contribution in [3.63, 3.8) is 0 Å². The molecular formula is C14H11Cl2F2N. The molecule has 1 nitrogen and oxygen atoms in total. The summed E-state index contributed by atoms with van der Waals surface area (Å²) in [4.78, 5) is 0. The predicted octanol–water partition coefficient (Wildman–Crippen LogP) is 5.20. The van der Waals surface area contributed by atoms with E-state index in [0.717, 1.165) is 0 Å². The quantitative estimate of drug-likeness (QED) is 0.818. The highest BCUT2D eigenvalue weighted by molar-refractivity contribution is 6.39. The third kappa shape index (κ3) is 3.37. The van der Waals surface area contributed by atoms with Gasteiger partial charge in [0.2, 0.25) is 0 Å². The second kappa shape index (κ2) is 5.76. The Hall–Kier alpha value is -1.32. The minimum absolute atomic E-state index is 0.0503. The maximum Gasteiger partial charge on any atom is 0.290 e. The maximum atomic E-state index is 14.0. The van der Waals surface area contributed by atoms with Crippen LogP contribution in [0.4, 0.5) is 14.5 Å². The van der Waals surface area contributed by atoms with Crippen molar-refractivity contribution < 1.29 is 8.78 Å². The Morgan fingerprint density at radius 3 is 2.05 bits per heavy atom. The van der Waals surface area contributed by atoms with Crippen molar-refractivity contribution in [3.8, 4) is 0 Å². The fourth-order valence-corrected chi connectivity index (χ4v) is 2.18. The number of nitrogens with one attached hydrogen (secondary N) is 1. The summed E-state index contributed by atoms with van der Waals surface area (Å²) in [7, 11) is 0. The lowest BCUT2D eigenvalue weighted by molar-refractivity contribution is 0.0106. The number of anilines is 1. The van der Waals surface area contributed by atoms with Crippen molar-refractivity contribution in [2.75, 3.05) is 11.9 Å². The number of benzene rings is 2. The van der Waals surface area contributed by atoms with Gasteiger partial charge in [-0.2, -0.15) is 8.78 Å². The highest BCUT2D eigenvalue weighted by Crippen LogP contribution is 2.33. The summed E-state index contributed by atoms with van der Waals surface area (Å²) in [5.74, 6) is -3.00. The van der Waals surface area contributed by atoms with E-state index < -0.39 is 12.5 Å². The van der Waals surface area contributed by atoms with Crippen LogP contribution in [-0.2, 0) is 5.92 Å². The number of para-hydroxylation sites is 1. The van der Waals surface area contributed by atoms with E-state index in [4.69, 9.17) is 23.2 Å². The molecule has 0 aromatic heterocycles. The molecule has 5 heteroatoms. The van der Waals surface area contributed by atoms with Gasteiger partial charge in [-0.25, -0.2) is 0 Å². The molecule has 0 saturated heterocycles. The van der Waals surface area contributed by atoms with Gasteiger partial charge in [-0.1, -0.05) is 59.6 Å². The molecule has 2 aromatic carbocycles. The van der Waals surface area contributed by atoms with Crippen LogP contribution in [0.15, 0.2) is 48.5 Å². The van der Waals surface area contributed by atoms with Crippen LogP contribution >= 0.6 is 23.2 Å². The van der Waals surface area contributed by atoms with Gasteiger partial charge < -0.3 is 5.32 Å². The summed E-state index contributed by atoms with van der Waals surface area (Å²) in [5.41, 5.74) is 0.270. The first-order valence-electron chi connectivity index (χ1n) is 5.62. The van der Waals surface area contributed by atoms with Crippen LogP contribution in [0, 0.1) is 0 Å². The summed E-state index contributed by atoms with van der Waals surface area (Å²) in [6.45, 7) is -0.569. The number of rotatable bonds is 4. The zero-order chi connectivity index (χ0) is 13.9. The van der Waals surface area contributed by atoms with E-state index in [9.17, 15) is 8.78 Å². The van der Waals surface area contributed by atoms with Crippen LogP contribution in [0.3, 0.4) is 0 Å². The normalized spacial score (nSPS) is 11.4. The molecule has 0 aliphatic heterocycles. The smallest absolute Gasteiger partial charge is 0.290 e. The Kier molecular flexibility index (Phi) is 4.27. The van der Waals surface area contributed by atoms with Gasteiger partial charge in [0.25, 0.3) is 5.92 Å². The van der Waals surface area contributed by atoms with E-state index in [-0.39, 0.29) is 5.56 Å². The highest BCUT2D eigenvalue weighted by atomic mass is 35.5. The van der Waals surface area contributed by atoms with E-state index in [1.54, 1.807) is 36.4 Å². The minimum atomic E-state index is -3.00. The SMILES string of the molecule is FC(F)(CNc1c(Cl)cccc1Cl)c1ccccc1. The fourth-order valence-electron chi connectivity index (χ4n) is 1.65. The molecular weight excluding hydrogens is 291 g/mol. The van der Waals surface area contributed by atoms with Gasteiger partial charge in [-0.3, -0.25) is 0 Å². The first-order chi connectivity index (χ1) is 9.00. The van der Waals surface area contributed by atoms with Crippen molar-refractivity contribution in [1.29, 1.82) is 0 Å². The van der Waals surface area contributed by atoms with Gasteiger partial charge in [0.15, 0.2) is 0 Å². The van der Waals surface area contributed by atoms with Crippen LogP contribution in [-0.4, -0.2) is 6.54 Å². The molecule has 0 spiro atoms. The molecule has 0 atom stereocenters. The molecule has 0 aliphatic rings. The fraction of sp³-hybridized carbons (Fsp3) is 0.143. The monoisotopic (exact) mass is 301 g/mol. The standard InChI is InChI=1S/C14H11Cl2F2N/c15-11-7-4-8-12(16)13(11)19-9-14(17,18)10-5-2-1-3-6-10/h1-8,19H,9H2. The lowest BCUT2D eigenvalue weighted by Crippen LogP contribution is -2.24. The van der Waals surface area contributed by atoms with E-state index in [0.29, 0.717) is 15.7 Å². The molecule has 0 amide bonds. The molecule has 1 N–H and O–H groups in total. The number of alkyl halides is 2. The highest BCUT2D eigenvalue weighted by Gasteiger charge is 2.31. The molecule has 2 rings (SSSR count). The van der Waals surface area contributed by atoms with Crippen LogP contribution in [0.5, 0.6) is 0 Å². The molecule has 0 aliphatic carbocycles. The second-order valence-electron chi connectivity index (χ2n) is 4.02. The van der Waals surface area contributed by atoms with Crippen LogP contribution < -0.4 is 5.32 Å². The molecule has 0 fully saturated rings.